The van der Waals surface area contributed by atoms with Gasteiger partial charge in [-0.2, -0.15) is 5.26 Å². The number of rotatable bonds is 5. The maximum atomic E-state index is 10.2. The topological polar surface area (TPSA) is 68.9 Å². The summed E-state index contributed by atoms with van der Waals surface area (Å²) < 4.78 is 0. The second-order valence-electron chi connectivity index (χ2n) is 5.44. The van der Waals surface area contributed by atoms with Crippen molar-refractivity contribution in [2.24, 2.45) is 5.92 Å². The number of pyridine rings is 1. The summed E-state index contributed by atoms with van der Waals surface area (Å²) in [5.41, 5.74) is 0.598. The van der Waals surface area contributed by atoms with E-state index in [4.69, 9.17) is 5.26 Å². The third-order valence-electron chi connectivity index (χ3n) is 2.58. The number of aromatic nitrogens is 1. The van der Waals surface area contributed by atoms with E-state index in [0.717, 1.165) is 12.1 Å². The van der Waals surface area contributed by atoms with Gasteiger partial charge < -0.3 is 10.4 Å². The lowest BCUT2D eigenvalue weighted by Crippen LogP contribution is -2.35. The molecule has 98 valence electrons. The second-order valence-corrected chi connectivity index (χ2v) is 5.44. The number of anilines is 1. The minimum atomic E-state index is -0.771. The van der Waals surface area contributed by atoms with Crippen molar-refractivity contribution in [1.29, 1.82) is 5.26 Å². The van der Waals surface area contributed by atoms with Crippen LogP contribution in [0.15, 0.2) is 12.1 Å². The zero-order chi connectivity index (χ0) is 13.8. The van der Waals surface area contributed by atoms with Crippen molar-refractivity contribution < 1.29 is 5.11 Å². The van der Waals surface area contributed by atoms with Gasteiger partial charge in [0.05, 0.1) is 17.2 Å². The molecule has 1 heterocycles. The molecule has 1 rings (SSSR count). The monoisotopic (exact) mass is 247 g/mol. The van der Waals surface area contributed by atoms with Gasteiger partial charge in [0.25, 0.3) is 0 Å². The van der Waals surface area contributed by atoms with Crippen molar-refractivity contribution in [1.82, 2.24) is 4.98 Å². The second kappa shape index (κ2) is 5.83. The molecule has 4 nitrogen and oxygen atoms in total. The van der Waals surface area contributed by atoms with Crippen LogP contribution in [0.2, 0.25) is 0 Å². The highest BCUT2D eigenvalue weighted by Gasteiger charge is 2.21. The first-order valence-corrected chi connectivity index (χ1v) is 6.17. The molecule has 0 aromatic carbocycles. The number of nitriles is 1. The van der Waals surface area contributed by atoms with Gasteiger partial charge in [-0.05, 0) is 38.3 Å². The van der Waals surface area contributed by atoms with Gasteiger partial charge in [0, 0.05) is 12.2 Å². The molecular weight excluding hydrogens is 226 g/mol. The lowest BCUT2D eigenvalue weighted by Gasteiger charge is -2.25. The largest absolute Gasteiger partial charge is 0.388 e. The molecule has 1 unspecified atom stereocenters. The first-order chi connectivity index (χ1) is 8.32. The highest BCUT2D eigenvalue weighted by atomic mass is 16.3. The molecule has 0 amide bonds. The molecule has 0 saturated heterocycles. The van der Waals surface area contributed by atoms with E-state index in [1.807, 2.05) is 6.92 Å². The quantitative estimate of drug-likeness (QED) is 0.838. The summed E-state index contributed by atoms with van der Waals surface area (Å²) in [5.74, 6) is 1.07. The highest BCUT2D eigenvalue weighted by molar-refractivity contribution is 5.44. The van der Waals surface area contributed by atoms with E-state index in [2.05, 4.69) is 30.2 Å². The summed E-state index contributed by atoms with van der Waals surface area (Å²) in [4.78, 5) is 4.29. The molecule has 18 heavy (non-hydrogen) atoms. The molecule has 0 aliphatic rings. The van der Waals surface area contributed by atoms with Crippen molar-refractivity contribution in [2.45, 2.75) is 39.7 Å². The van der Waals surface area contributed by atoms with Crippen LogP contribution in [-0.4, -0.2) is 22.2 Å². The van der Waals surface area contributed by atoms with Crippen LogP contribution in [0.3, 0.4) is 0 Å². The van der Waals surface area contributed by atoms with E-state index in [1.54, 1.807) is 19.1 Å². The number of nitrogens with one attached hydrogen (secondary N) is 1. The lowest BCUT2D eigenvalue weighted by atomic mass is 9.94. The number of nitrogens with zero attached hydrogens (tertiary/aromatic N) is 2. The molecule has 1 aromatic rings. The Morgan fingerprint density at radius 2 is 2.17 bits per heavy atom. The molecule has 1 atom stereocenters. The Labute approximate surface area is 109 Å². The molecule has 0 radical (unpaired) electrons. The minimum absolute atomic E-state index is 0.423. The van der Waals surface area contributed by atoms with Crippen LogP contribution >= 0.6 is 0 Å². The summed E-state index contributed by atoms with van der Waals surface area (Å²) in [7, 11) is 0. The van der Waals surface area contributed by atoms with Crippen LogP contribution in [-0.2, 0) is 0 Å². The van der Waals surface area contributed by atoms with Crippen LogP contribution in [0, 0.1) is 24.2 Å². The fourth-order valence-electron chi connectivity index (χ4n) is 2.06. The van der Waals surface area contributed by atoms with Gasteiger partial charge in [-0.15, -0.1) is 0 Å². The van der Waals surface area contributed by atoms with Crippen molar-refractivity contribution in [3.63, 3.8) is 0 Å². The normalized spacial score (nSPS) is 14.1. The molecule has 0 bridgehead atoms. The van der Waals surface area contributed by atoms with Gasteiger partial charge >= 0.3 is 0 Å². The van der Waals surface area contributed by atoms with Crippen LogP contribution in [0.4, 0.5) is 5.82 Å². The Balaban J connectivity index is 2.69. The Bertz CT molecular complexity index is 447. The number of hydrogen-bond donors (Lipinski definition) is 2. The molecule has 0 saturated carbocycles. The van der Waals surface area contributed by atoms with E-state index in [0.29, 0.717) is 23.8 Å². The first-order valence-electron chi connectivity index (χ1n) is 6.17. The molecule has 0 spiro atoms. The standard InChI is InChI=1S/C14H21N3O/c1-10(2)7-14(4,18)9-16-13-6-12(8-15)5-11(3)17-13/h5-6,10,18H,7,9H2,1-4H3,(H,16,17). The zero-order valence-electron chi connectivity index (χ0n) is 11.5. The van der Waals surface area contributed by atoms with Gasteiger partial charge in [-0.1, -0.05) is 13.8 Å². The molecule has 1 aromatic heterocycles. The average Bonchev–Trinajstić information content (AvgIpc) is 2.24. The maximum absolute atomic E-state index is 10.2. The maximum Gasteiger partial charge on any atom is 0.127 e. The van der Waals surface area contributed by atoms with Gasteiger partial charge in [0.2, 0.25) is 0 Å². The minimum Gasteiger partial charge on any atom is -0.388 e. The zero-order valence-corrected chi connectivity index (χ0v) is 11.5. The fraction of sp³-hybridized carbons (Fsp3) is 0.571. The van der Waals surface area contributed by atoms with Crippen LogP contribution in [0.25, 0.3) is 0 Å². The van der Waals surface area contributed by atoms with E-state index in [-0.39, 0.29) is 0 Å². The van der Waals surface area contributed by atoms with Crippen molar-refractivity contribution in [3.8, 4) is 6.07 Å². The van der Waals surface area contributed by atoms with Gasteiger partial charge in [0.1, 0.15) is 5.82 Å². The van der Waals surface area contributed by atoms with Crippen LogP contribution in [0.5, 0.6) is 0 Å². The van der Waals surface area contributed by atoms with Gasteiger partial charge in [0.15, 0.2) is 0 Å². The van der Waals surface area contributed by atoms with E-state index >= 15 is 0 Å². The molecule has 0 aliphatic heterocycles. The number of hydrogen-bond acceptors (Lipinski definition) is 4. The van der Waals surface area contributed by atoms with Crippen molar-refractivity contribution in [3.05, 3.63) is 23.4 Å². The average molecular weight is 247 g/mol. The predicted octanol–water partition coefficient (Wildman–Crippen LogP) is 2.47. The van der Waals surface area contributed by atoms with E-state index in [1.165, 1.54) is 0 Å². The molecule has 2 N–H and O–H groups in total. The third-order valence-corrected chi connectivity index (χ3v) is 2.58. The van der Waals surface area contributed by atoms with Crippen molar-refractivity contribution in [2.75, 3.05) is 11.9 Å². The van der Waals surface area contributed by atoms with Crippen LogP contribution in [0.1, 0.15) is 38.4 Å². The third kappa shape index (κ3) is 4.72. The lowest BCUT2D eigenvalue weighted by molar-refractivity contribution is 0.0515. The van der Waals surface area contributed by atoms with Gasteiger partial charge in [-0.25, -0.2) is 4.98 Å². The summed E-state index contributed by atoms with van der Waals surface area (Å²) in [6.07, 6.45) is 0.719. The Hall–Kier alpha value is -1.60. The van der Waals surface area contributed by atoms with E-state index < -0.39 is 5.60 Å². The predicted molar refractivity (Wildman–Crippen MR) is 72.3 cm³/mol. The fourth-order valence-corrected chi connectivity index (χ4v) is 2.06. The van der Waals surface area contributed by atoms with Crippen LogP contribution < -0.4 is 5.32 Å². The Morgan fingerprint density at radius 1 is 1.50 bits per heavy atom. The Kier molecular flexibility index (Phi) is 4.69. The highest BCUT2D eigenvalue weighted by Crippen LogP contribution is 2.17. The summed E-state index contributed by atoms with van der Waals surface area (Å²) in [5, 5.41) is 22.2. The number of aryl methyl sites for hydroxylation is 1. The Morgan fingerprint density at radius 3 is 2.72 bits per heavy atom. The molecule has 0 fully saturated rings. The summed E-state index contributed by atoms with van der Waals surface area (Å²) >= 11 is 0. The smallest absolute Gasteiger partial charge is 0.127 e. The summed E-state index contributed by atoms with van der Waals surface area (Å²) in [6.45, 7) is 8.23. The van der Waals surface area contributed by atoms with Crippen molar-refractivity contribution >= 4 is 5.82 Å². The first kappa shape index (κ1) is 14.5. The molecule has 0 aliphatic carbocycles. The van der Waals surface area contributed by atoms with Gasteiger partial charge in [-0.3, -0.25) is 0 Å². The SMILES string of the molecule is Cc1cc(C#N)cc(NCC(C)(O)CC(C)C)n1. The summed E-state index contributed by atoms with van der Waals surface area (Å²) in [6, 6.07) is 5.52. The number of aliphatic hydroxyl groups is 1. The van der Waals surface area contributed by atoms with E-state index in [9.17, 15) is 5.11 Å². The molecule has 4 heteroatoms. The molecular formula is C14H21N3O.